The Morgan fingerprint density at radius 1 is 1.23 bits per heavy atom. The van der Waals surface area contributed by atoms with Crippen molar-refractivity contribution >= 4 is 27.7 Å². The molecule has 0 saturated carbocycles. The SMILES string of the molecule is CCOCc1nc2cnc3ccccc3c2n1CC(=O)CC. The predicted molar refractivity (Wildman–Crippen MR) is 85.7 cm³/mol. The number of ether oxygens (including phenoxy) is 1. The van der Waals surface area contributed by atoms with Crippen molar-refractivity contribution < 1.29 is 9.53 Å². The lowest BCUT2D eigenvalue weighted by Gasteiger charge is -2.09. The third-order valence-corrected chi connectivity index (χ3v) is 3.72. The fourth-order valence-corrected chi connectivity index (χ4v) is 2.57. The van der Waals surface area contributed by atoms with Crippen LogP contribution in [0, 0.1) is 0 Å². The molecule has 0 spiro atoms. The normalized spacial score (nSPS) is 11.4. The van der Waals surface area contributed by atoms with Gasteiger partial charge in [-0.2, -0.15) is 0 Å². The number of nitrogens with zero attached hydrogens (tertiary/aromatic N) is 3. The van der Waals surface area contributed by atoms with E-state index < -0.39 is 0 Å². The van der Waals surface area contributed by atoms with Crippen LogP contribution >= 0.6 is 0 Å². The average Bonchev–Trinajstić information content (AvgIpc) is 2.90. The Balaban J connectivity index is 2.23. The third-order valence-electron chi connectivity index (χ3n) is 3.72. The van der Waals surface area contributed by atoms with E-state index in [9.17, 15) is 4.79 Å². The van der Waals surface area contributed by atoms with Gasteiger partial charge in [-0.1, -0.05) is 25.1 Å². The Labute approximate surface area is 128 Å². The number of aromatic nitrogens is 3. The Bertz CT molecular complexity index is 823. The van der Waals surface area contributed by atoms with Crippen molar-refractivity contribution in [1.29, 1.82) is 0 Å². The van der Waals surface area contributed by atoms with Crippen LogP contribution in [0.3, 0.4) is 0 Å². The lowest BCUT2D eigenvalue weighted by Crippen LogP contribution is -2.13. The Morgan fingerprint density at radius 3 is 2.82 bits per heavy atom. The summed E-state index contributed by atoms with van der Waals surface area (Å²) in [4.78, 5) is 21.0. The number of hydrogen-bond donors (Lipinski definition) is 0. The zero-order chi connectivity index (χ0) is 15.5. The average molecular weight is 297 g/mol. The van der Waals surface area contributed by atoms with Crippen molar-refractivity contribution in [2.24, 2.45) is 0 Å². The van der Waals surface area contributed by atoms with Crippen LogP contribution in [0.4, 0.5) is 0 Å². The molecule has 0 radical (unpaired) electrons. The van der Waals surface area contributed by atoms with Gasteiger partial charge in [-0.05, 0) is 13.0 Å². The number of carbonyl (C=O) groups excluding carboxylic acids is 1. The van der Waals surface area contributed by atoms with Crippen molar-refractivity contribution in [3.8, 4) is 0 Å². The summed E-state index contributed by atoms with van der Waals surface area (Å²) >= 11 is 0. The first-order chi connectivity index (χ1) is 10.7. The van der Waals surface area contributed by atoms with E-state index in [1.165, 1.54) is 0 Å². The lowest BCUT2D eigenvalue weighted by molar-refractivity contribution is -0.119. The first-order valence-electron chi connectivity index (χ1n) is 7.56. The molecule has 22 heavy (non-hydrogen) atoms. The molecule has 0 unspecified atom stereocenters. The number of fused-ring (bicyclic) bond motifs is 3. The Hall–Kier alpha value is -2.27. The smallest absolute Gasteiger partial charge is 0.152 e. The second-order valence-electron chi connectivity index (χ2n) is 5.15. The van der Waals surface area contributed by atoms with Gasteiger partial charge in [0.2, 0.25) is 0 Å². The number of hydrogen-bond acceptors (Lipinski definition) is 4. The standard InChI is InChI=1S/C17H19N3O2/c1-3-12(21)10-20-16(11-22-4-2)19-15-9-18-14-8-6-5-7-13(14)17(15)20/h5-9H,3-4,10-11H2,1-2H3. The van der Waals surface area contributed by atoms with E-state index in [0.717, 1.165) is 27.8 Å². The summed E-state index contributed by atoms with van der Waals surface area (Å²) in [5.74, 6) is 0.953. The Morgan fingerprint density at radius 2 is 2.05 bits per heavy atom. The van der Waals surface area contributed by atoms with E-state index in [-0.39, 0.29) is 5.78 Å². The zero-order valence-corrected chi connectivity index (χ0v) is 12.9. The molecular formula is C17H19N3O2. The predicted octanol–water partition coefficient (Wildman–Crippen LogP) is 3.10. The molecule has 5 nitrogen and oxygen atoms in total. The minimum Gasteiger partial charge on any atom is -0.374 e. The maximum atomic E-state index is 12.0. The molecule has 3 aromatic rings. The number of pyridine rings is 1. The summed E-state index contributed by atoms with van der Waals surface area (Å²) in [5, 5.41) is 1.01. The van der Waals surface area contributed by atoms with Crippen LogP contribution in [-0.2, 0) is 22.7 Å². The topological polar surface area (TPSA) is 57.0 Å². The monoisotopic (exact) mass is 297 g/mol. The highest BCUT2D eigenvalue weighted by atomic mass is 16.5. The van der Waals surface area contributed by atoms with E-state index in [0.29, 0.717) is 26.2 Å². The second-order valence-corrected chi connectivity index (χ2v) is 5.15. The molecule has 0 fully saturated rings. The number of Topliss-reactive ketones (excluding diaryl/α,β-unsaturated/α-hetero) is 1. The van der Waals surface area contributed by atoms with Gasteiger partial charge in [-0.3, -0.25) is 9.78 Å². The van der Waals surface area contributed by atoms with Crippen LogP contribution in [0.5, 0.6) is 0 Å². The Kier molecular flexibility index (Phi) is 4.15. The van der Waals surface area contributed by atoms with Crippen molar-refractivity contribution in [2.45, 2.75) is 33.4 Å². The van der Waals surface area contributed by atoms with Gasteiger partial charge in [-0.25, -0.2) is 4.98 Å². The number of para-hydroxylation sites is 1. The molecule has 1 aromatic carbocycles. The number of ketones is 1. The molecule has 114 valence electrons. The number of imidazole rings is 1. The van der Waals surface area contributed by atoms with Gasteiger partial charge in [0.05, 0.1) is 23.8 Å². The van der Waals surface area contributed by atoms with Crippen LogP contribution < -0.4 is 0 Å². The van der Waals surface area contributed by atoms with E-state index >= 15 is 0 Å². The van der Waals surface area contributed by atoms with Gasteiger partial charge in [0.15, 0.2) is 5.78 Å². The van der Waals surface area contributed by atoms with Gasteiger partial charge in [0.25, 0.3) is 0 Å². The third kappa shape index (κ3) is 2.60. The van der Waals surface area contributed by atoms with E-state index in [4.69, 9.17) is 4.74 Å². The molecule has 0 N–H and O–H groups in total. The van der Waals surface area contributed by atoms with E-state index in [1.807, 2.05) is 42.7 Å². The van der Waals surface area contributed by atoms with Crippen molar-refractivity contribution in [1.82, 2.24) is 14.5 Å². The fraction of sp³-hybridized carbons (Fsp3) is 0.353. The van der Waals surface area contributed by atoms with Crippen LogP contribution in [0.1, 0.15) is 26.1 Å². The quantitative estimate of drug-likeness (QED) is 0.701. The largest absolute Gasteiger partial charge is 0.374 e. The molecule has 2 aromatic heterocycles. The summed E-state index contributed by atoms with van der Waals surface area (Å²) < 4.78 is 7.48. The first kappa shape index (κ1) is 14.7. The summed E-state index contributed by atoms with van der Waals surface area (Å²) in [6.07, 6.45) is 2.27. The zero-order valence-electron chi connectivity index (χ0n) is 12.9. The van der Waals surface area contributed by atoms with Crippen LogP contribution in [0.15, 0.2) is 30.5 Å². The second kappa shape index (κ2) is 6.23. The molecule has 0 aliphatic carbocycles. The van der Waals surface area contributed by atoms with Gasteiger partial charge in [0, 0.05) is 18.4 Å². The molecule has 0 atom stereocenters. The maximum absolute atomic E-state index is 12.0. The number of benzene rings is 1. The lowest BCUT2D eigenvalue weighted by atomic mass is 10.2. The van der Waals surface area contributed by atoms with Crippen LogP contribution in [0.25, 0.3) is 21.9 Å². The van der Waals surface area contributed by atoms with E-state index in [2.05, 4.69) is 9.97 Å². The summed E-state index contributed by atoms with van der Waals surface area (Å²) in [5.41, 5.74) is 2.67. The minimum atomic E-state index is 0.179. The van der Waals surface area contributed by atoms with E-state index in [1.54, 1.807) is 6.20 Å². The highest BCUT2D eigenvalue weighted by Gasteiger charge is 2.16. The molecule has 0 bridgehead atoms. The summed E-state index contributed by atoms with van der Waals surface area (Å²) in [6.45, 7) is 5.16. The van der Waals surface area contributed by atoms with Gasteiger partial charge in [0.1, 0.15) is 17.9 Å². The molecule has 0 saturated heterocycles. The molecule has 3 rings (SSSR count). The first-order valence-corrected chi connectivity index (χ1v) is 7.56. The van der Waals surface area contributed by atoms with Gasteiger partial charge >= 0.3 is 0 Å². The number of rotatable bonds is 6. The number of carbonyl (C=O) groups is 1. The summed E-state index contributed by atoms with van der Waals surface area (Å²) in [6, 6.07) is 7.92. The maximum Gasteiger partial charge on any atom is 0.152 e. The molecule has 2 heterocycles. The van der Waals surface area contributed by atoms with Crippen molar-refractivity contribution in [2.75, 3.05) is 6.61 Å². The summed E-state index contributed by atoms with van der Waals surface area (Å²) in [7, 11) is 0. The molecule has 5 heteroatoms. The van der Waals surface area contributed by atoms with Crippen LogP contribution in [0.2, 0.25) is 0 Å². The minimum absolute atomic E-state index is 0.179. The van der Waals surface area contributed by atoms with Gasteiger partial charge in [-0.15, -0.1) is 0 Å². The molecular weight excluding hydrogens is 278 g/mol. The van der Waals surface area contributed by atoms with Crippen LogP contribution in [-0.4, -0.2) is 26.9 Å². The van der Waals surface area contributed by atoms with Crippen molar-refractivity contribution in [3.63, 3.8) is 0 Å². The highest BCUT2D eigenvalue weighted by Crippen LogP contribution is 2.25. The van der Waals surface area contributed by atoms with Gasteiger partial charge < -0.3 is 9.30 Å². The van der Waals surface area contributed by atoms with Crippen molar-refractivity contribution in [3.05, 3.63) is 36.3 Å². The highest BCUT2D eigenvalue weighted by molar-refractivity contribution is 6.02. The molecule has 0 aliphatic heterocycles. The fourth-order valence-electron chi connectivity index (χ4n) is 2.57. The molecule has 0 aliphatic rings. The molecule has 0 amide bonds.